The summed E-state index contributed by atoms with van der Waals surface area (Å²) in [6.45, 7) is 10.7. The zero-order valence-electron chi connectivity index (χ0n) is 57.6. The number of aromatic nitrogens is 5. The highest BCUT2D eigenvalue weighted by Gasteiger charge is 2.40. The maximum atomic E-state index is 12.7. The van der Waals surface area contributed by atoms with Gasteiger partial charge in [0.05, 0.1) is 49.9 Å². The zero-order valence-corrected chi connectivity index (χ0v) is 61.2. The van der Waals surface area contributed by atoms with Crippen molar-refractivity contribution in [1.82, 2.24) is 30.4 Å². The van der Waals surface area contributed by atoms with E-state index in [-0.39, 0.29) is 66.0 Å². The lowest BCUT2D eigenvalue weighted by atomic mass is 10.0. The van der Waals surface area contributed by atoms with Gasteiger partial charge in [0, 0.05) is 93.9 Å². The molecule has 1 amide bonds. The molecule has 9 aromatic rings. The molecule has 1 fully saturated rings. The van der Waals surface area contributed by atoms with Crippen molar-refractivity contribution < 1.29 is 79.0 Å². The number of ketones is 2. The standard InChI is InChI=1S/C24H32N2O8Si.C23H19N3S.C18H16NO4P.C10H15NO6S/c1-4-32-35(33-5-2,34-6-3)16-8-7-9-23(27)20-10-11-21(22(17-20)26(29)30)18-31-24(28)19-12-14-25-15-13-19;27-14-11-17-7-9-18(10-8-17)19-15-22(20-5-1-3-12-24-20)26-23(16-19)21-6-2-4-13-25-21;20-24(21,22)18-7-1-14(2-8-18)13-23-17-5-3-15(4-6-17)16-9-11-19-12-10-16;1-7-4-5-8(12)10(7)17-18(15,16)6-2-3-9(13)11-14/h10-15,17H,4-9,16,18H2,1-3H3;1-10,12-13,15-16,27H,11,14H2;1-12H,13H2,(H2,20,21,22);10,14H,1-6H2,(H,11,13). The highest BCUT2D eigenvalue weighted by atomic mass is 32.2. The van der Waals surface area contributed by atoms with Crippen LogP contribution in [0.3, 0.4) is 0 Å². The van der Waals surface area contributed by atoms with Gasteiger partial charge in [-0.25, -0.2) is 15.3 Å². The molecule has 1 atom stereocenters. The van der Waals surface area contributed by atoms with Crippen molar-refractivity contribution in [3.05, 3.63) is 251 Å². The van der Waals surface area contributed by atoms with Crippen molar-refractivity contribution in [1.29, 1.82) is 0 Å². The number of benzene rings is 4. The number of hydrogen-bond acceptors (Lipinski definition) is 22. The minimum Gasteiger partial charge on any atom is -0.489 e. The lowest BCUT2D eigenvalue weighted by molar-refractivity contribution is -0.385. The quantitative estimate of drug-likeness (QED) is 0.00223. The summed E-state index contributed by atoms with van der Waals surface area (Å²) in [5.41, 5.74) is 12.2. The van der Waals surface area contributed by atoms with Crippen LogP contribution in [0.5, 0.6) is 5.75 Å². The Kier molecular flexibility index (Phi) is 32.6. The first-order valence-corrected chi connectivity index (χ1v) is 39.0. The van der Waals surface area contributed by atoms with Gasteiger partial charge in [-0.2, -0.15) is 21.0 Å². The van der Waals surface area contributed by atoms with Gasteiger partial charge in [0.1, 0.15) is 19.0 Å². The molecular weight excluding hydrogens is 1410 g/mol. The minimum absolute atomic E-state index is 0.00210. The number of nitro groups is 1. The van der Waals surface area contributed by atoms with E-state index in [1.54, 1.807) is 36.9 Å². The summed E-state index contributed by atoms with van der Waals surface area (Å²) in [4.78, 5) is 97.6. The number of pyridine rings is 5. The molecule has 10 rings (SSSR count). The highest BCUT2D eigenvalue weighted by molar-refractivity contribution is 7.86. The summed E-state index contributed by atoms with van der Waals surface area (Å²) in [7, 11) is -10.8. The van der Waals surface area contributed by atoms with Crippen molar-refractivity contribution in [2.75, 3.05) is 31.3 Å². The molecule has 1 saturated carbocycles. The number of Topliss-reactive ketones (excluding diaryl/α,β-unsaturated/α-hetero) is 2. The van der Waals surface area contributed by atoms with Crippen LogP contribution in [0.1, 0.15) is 103 Å². The Balaban J connectivity index is 0.000000199. The Morgan fingerprint density at radius 3 is 1.76 bits per heavy atom. The number of hydrogen-bond donors (Lipinski definition) is 5. The number of ether oxygens (including phenoxy) is 2. The van der Waals surface area contributed by atoms with Crippen LogP contribution in [0.15, 0.2) is 213 Å². The van der Waals surface area contributed by atoms with Gasteiger partial charge in [-0.1, -0.05) is 73.3 Å². The molecule has 1 aliphatic rings. The number of rotatable bonds is 32. The molecular formula is C75H82N7O18PS2Si. The van der Waals surface area contributed by atoms with Crippen molar-refractivity contribution in [2.45, 2.75) is 97.5 Å². The number of carbonyl (C=O) groups is 4. The molecule has 4 aromatic carbocycles. The smallest absolute Gasteiger partial charge is 0.489 e. The summed E-state index contributed by atoms with van der Waals surface area (Å²) in [5.74, 6) is -0.604. The summed E-state index contributed by atoms with van der Waals surface area (Å²) >= 11 is 4.31. The molecule has 1 aliphatic carbocycles. The third-order valence-electron chi connectivity index (χ3n) is 15.5. The average Bonchev–Trinajstić information content (AvgIpc) is 1.09. The van der Waals surface area contributed by atoms with E-state index >= 15 is 0 Å². The van der Waals surface area contributed by atoms with Crippen LogP contribution >= 0.6 is 20.2 Å². The fourth-order valence-corrected chi connectivity index (χ4v) is 14.9. The Hall–Kier alpha value is -9.68. The molecule has 29 heteroatoms. The van der Waals surface area contributed by atoms with Crippen LogP contribution in [0.4, 0.5) is 5.69 Å². The Morgan fingerprint density at radius 2 is 1.23 bits per heavy atom. The molecule has 0 radical (unpaired) electrons. The first-order chi connectivity index (χ1) is 50.1. The number of thiol groups is 1. The maximum Gasteiger partial charge on any atom is 0.500 e. The third-order valence-corrected chi connectivity index (χ3v) is 21.2. The van der Waals surface area contributed by atoms with Crippen LogP contribution in [-0.4, -0.2) is 123 Å². The van der Waals surface area contributed by atoms with E-state index in [9.17, 15) is 42.3 Å². The number of hydroxylamine groups is 1. The zero-order chi connectivity index (χ0) is 74.9. The Bertz CT molecular complexity index is 4330. The second-order valence-electron chi connectivity index (χ2n) is 23.0. The predicted octanol–water partition coefficient (Wildman–Crippen LogP) is 13.1. The Labute approximate surface area is 610 Å². The molecule has 1 unspecified atom stereocenters. The van der Waals surface area contributed by atoms with Crippen molar-refractivity contribution in [3.8, 4) is 50.8 Å². The van der Waals surface area contributed by atoms with Crippen LogP contribution in [0.25, 0.3) is 45.0 Å². The summed E-state index contributed by atoms with van der Waals surface area (Å²) in [6, 6.07) is 50.0. The number of nitro benzene ring substituents is 1. The maximum absolute atomic E-state index is 12.7. The van der Waals surface area contributed by atoms with Crippen LogP contribution in [0.2, 0.25) is 6.04 Å². The molecule has 546 valence electrons. The molecule has 25 nitrogen and oxygen atoms in total. The van der Waals surface area contributed by atoms with Crippen LogP contribution < -0.4 is 15.5 Å². The number of nitrogens with one attached hydrogen (secondary N) is 1. The van der Waals surface area contributed by atoms with Gasteiger partial charge in [-0.05, 0) is 189 Å². The lowest BCUT2D eigenvalue weighted by Crippen LogP contribution is -2.45. The molecule has 104 heavy (non-hydrogen) atoms. The van der Waals surface area contributed by atoms with Gasteiger partial charge in [0.25, 0.3) is 15.8 Å². The number of esters is 1. The van der Waals surface area contributed by atoms with E-state index in [2.05, 4.69) is 75.5 Å². The largest absolute Gasteiger partial charge is 0.500 e. The first kappa shape index (κ1) is 81.6. The van der Waals surface area contributed by atoms with E-state index in [4.69, 9.17) is 46.9 Å². The normalized spacial score (nSPS) is 12.7. The lowest BCUT2D eigenvalue weighted by Gasteiger charge is -2.28. The number of nitrogens with zero attached hydrogens (tertiary/aromatic N) is 6. The number of aryl methyl sites for hydroxylation is 1. The Morgan fingerprint density at radius 1 is 0.663 bits per heavy atom. The van der Waals surface area contributed by atoms with Gasteiger partial charge in [-0.3, -0.25) is 58.4 Å². The van der Waals surface area contributed by atoms with E-state index in [0.717, 1.165) is 68.5 Å². The predicted molar refractivity (Wildman–Crippen MR) is 397 cm³/mol. The molecule has 0 aliphatic heterocycles. The van der Waals surface area contributed by atoms with Crippen molar-refractivity contribution in [2.24, 2.45) is 0 Å². The fraction of sp³-hybridized carbons (Fsp3) is 0.267. The molecule has 5 heterocycles. The molecule has 4 N–H and O–H groups in total. The van der Waals surface area contributed by atoms with Crippen LogP contribution in [0, 0.1) is 10.1 Å². The second kappa shape index (κ2) is 41.6. The van der Waals surface area contributed by atoms with E-state index < -0.39 is 55.2 Å². The third kappa shape index (κ3) is 26.2. The first-order valence-electron chi connectivity index (χ1n) is 33.2. The molecule has 0 spiro atoms. The number of carbonyl (C=O) groups excluding carboxylic acids is 4. The number of unbranched alkanes of at least 4 members (excludes halogenated alkanes) is 1. The average molecular weight is 1490 g/mol. The van der Waals surface area contributed by atoms with Crippen LogP contribution in [-0.2, 0) is 66.1 Å². The van der Waals surface area contributed by atoms with E-state index in [0.29, 0.717) is 62.9 Å². The summed E-state index contributed by atoms with van der Waals surface area (Å²) in [5, 5.41) is 19.8. The van der Waals surface area contributed by atoms with Crippen molar-refractivity contribution >= 4 is 73.6 Å². The van der Waals surface area contributed by atoms with E-state index in [1.165, 1.54) is 65.9 Å². The molecule has 0 saturated heterocycles. The SMILES string of the molecule is C=C1CCC(=O)C1OS(=O)(=O)CCCC(=O)NO.CCO[Si](CCCCC(=O)c1ccc(COC(=O)c2ccncc2)c([N+](=O)[O-])c1)(OCC)OCC.O=P(O)(O)c1ccc(COc2ccc(-c3ccncc3)cc2)cc1.SCCc1ccc(-c2cc(-c3ccccn3)nc(-c3ccccn3)c2)cc1. The monoisotopic (exact) mass is 1490 g/mol. The topological polar surface area (TPSA) is 355 Å². The highest BCUT2D eigenvalue weighted by Crippen LogP contribution is 2.34. The number of amides is 1. The van der Waals surface area contributed by atoms with Gasteiger partial charge in [0.15, 0.2) is 17.7 Å². The van der Waals surface area contributed by atoms with E-state index in [1.807, 2.05) is 93.6 Å². The van der Waals surface area contributed by atoms with Gasteiger partial charge >= 0.3 is 22.4 Å². The minimum atomic E-state index is -4.20. The molecule has 0 bridgehead atoms. The van der Waals surface area contributed by atoms with Gasteiger partial charge < -0.3 is 32.5 Å². The summed E-state index contributed by atoms with van der Waals surface area (Å²) in [6.07, 6.45) is 11.9. The van der Waals surface area contributed by atoms with Gasteiger partial charge in [-0.15, -0.1) is 0 Å². The second-order valence-corrected chi connectivity index (χ2v) is 29.5. The van der Waals surface area contributed by atoms with Gasteiger partial charge in [0.2, 0.25) is 5.91 Å². The fourth-order valence-electron chi connectivity index (χ4n) is 10.3. The van der Waals surface area contributed by atoms with Crippen molar-refractivity contribution in [3.63, 3.8) is 0 Å². The summed E-state index contributed by atoms with van der Waals surface area (Å²) < 4.78 is 67.3. The molecule has 5 aromatic heterocycles.